The number of rotatable bonds is 6. The van der Waals surface area contributed by atoms with Gasteiger partial charge in [0.05, 0.1) is 35.9 Å². The number of piperidine rings is 1. The van der Waals surface area contributed by atoms with Crippen molar-refractivity contribution in [3.8, 4) is 11.3 Å². The Morgan fingerprint density at radius 2 is 2.11 bits per heavy atom. The summed E-state index contributed by atoms with van der Waals surface area (Å²) in [5.74, 6) is 1.41. The van der Waals surface area contributed by atoms with Crippen molar-refractivity contribution in [1.82, 2.24) is 20.5 Å². The minimum absolute atomic E-state index is 0.289. The molecular weight excluding hydrogens is 496 g/mol. The predicted molar refractivity (Wildman–Crippen MR) is 143 cm³/mol. The number of methoxy groups -OCH3 is 1. The Bertz CT molecular complexity index is 1200. The third-order valence-corrected chi connectivity index (χ3v) is 7.88. The van der Waals surface area contributed by atoms with E-state index in [2.05, 4.69) is 55.6 Å². The normalized spacial score (nSPS) is 22.0. The van der Waals surface area contributed by atoms with Gasteiger partial charge in [0.1, 0.15) is 0 Å². The van der Waals surface area contributed by atoms with E-state index >= 15 is 0 Å². The molecular formula is C25H28N6O3S2. The summed E-state index contributed by atoms with van der Waals surface area (Å²) in [6.45, 7) is 3.40. The summed E-state index contributed by atoms with van der Waals surface area (Å²) in [4.78, 5) is 40.1. The summed E-state index contributed by atoms with van der Waals surface area (Å²) in [7, 11) is 1.59. The van der Waals surface area contributed by atoms with Crippen LogP contribution >= 0.6 is 23.1 Å². The molecule has 0 aromatic carbocycles. The second-order valence-corrected chi connectivity index (χ2v) is 10.7. The topological polar surface area (TPSA) is 108 Å². The quantitative estimate of drug-likeness (QED) is 0.556. The predicted octanol–water partition coefficient (Wildman–Crippen LogP) is 3.65. The van der Waals surface area contributed by atoms with Gasteiger partial charge in [0.15, 0.2) is 5.90 Å². The van der Waals surface area contributed by atoms with Crippen LogP contribution in [-0.2, 0) is 16.1 Å². The summed E-state index contributed by atoms with van der Waals surface area (Å²) in [5.41, 5.74) is 3.22. The van der Waals surface area contributed by atoms with Crippen LogP contribution in [0.1, 0.15) is 25.0 Å². The maximum Gasteiger partial charge on any atom is 0.290 e. The third-order valence-electron chi connectivity index (χ3n) is 6.37. The number of aliphatic imine (C=N–C) groups is 2. The van der Waals surface area contributed by atoms with Crippen LogP contribution in [0.15, 0.2) is 56.0 Å². The molecule has 2 amide bonds. The highest BCUT2D eigenvalue weighted by molar-refractivity contribution is 8.18. The van der Waals surface area contributed by atoms with Crippen LogP contribution in [0.2, 0.25) is 0 Å². The van der Waals surface area contributed by atoms with E-state index in [9.17, 15) is 9.59 Å². The molecule has 188 valence electrons. The van der Waals surface area contributed by atoms with E-state index in [1.807, 2.05) is 0 Å². The molecule has 0 bridgehead atoms. The van der Waals surface area contributed by atoms with Crippen LogP contribution in [-0.4, -0.2) is 65.7 Å². The summed E-state index contributed by atoms with van der Waals surface area (Å²) >= 11 is 2.59. The summed E-state index contributed by atoms with van der Waals surface area (Å²) < 4.78 is 5.43. The molecule has 5 heterocycles. The van der Waals surface area contributed by atoms with E-state index in [1.165, 1.54) is 0 Å². The number of hydrogen-bond donors (Lipinski definition) is 2. The number of aromatic nitrogens is 1. The Morgan fingerprint density at radius 3 is 2.83 bits per heavy atom. The first-order valence-corrected chi connectivity index (χ1v) is 13.7. The molecule has 11 heteroatoms. The molecule has 1 unspecified atom stereocenters. The van der Waals surface area contributed by atoms with Gasteiger partial charge >= 0.3 is 0 Å². The van der Waals surface area contributed by atoms with E-state index < -0.39 is 0 Å². The average molecular weight is 525 g/mol. The number of thiophene rings is 1. The molecule has 3 aliphatic heterocycles. The van der Waals surface area contributed by atoms with Gasteiger partial charge in [-0.3, -0.25) is 19.9 Å². The fourth-order valence-corrected chi connectivity index (χ4v) is 5.80. The van der Waals surface area contributed by atoms with Crippen molar-refractivity contribution in [3.63, 3.8) is 0 Å². The van der Waals surface area contributed by atoms with E-state index in [4.69, 9.17) is 14.7 Å². The van der Waals surface area contributed by atoms with Crippen LogP contribution in [0.3, 0.4) is 0 Å². The number of amides is 2. The van der Waals surface area contributed by atoms with E-state index in [0.717, 1.165) is 67.7 Å². The fourth-order valence-electron chi connectivity index (χ4n) is 4.44. The molecule has 9 nitrogen and oxygen atoms in total. The molecule has 3 aliphatic rings. The second kappa shape index (κ2) is 11.4. The van der Waals surface area contributed by atoms with Crippen LogP contribution in [0, 0.1) is 5.92 Å². The van der Waals surface area contributed by atoms with Crippen LogP contribution in [0.5, 0.6) is 0 Å². The highest BCUT2D eigenvalue weighted by Gasteiger charge is 2.29. The smallest absolute Gasteiger partial charge is 0.290 e. The first kappa shape index (κ1) is 24.7. The highest BCUT2D eigenvalue weighted by Crippen LogP contribution is 2.26. The Kier molecular flexibility index (Phi) is 7.78. The molecule has 2 aromatic heterocycles. The van der Waals surface area contributed by atoms with Crippen LogP contribution in [0.4, 0.5) is 4.79 Å². The lowest BCUT2D eigenvalue weighted by atomic mass is 9.97. The molecule has 2 N–H and O–H groups in total. The lowest BCUT2D eigenvalue weighted by molar-refractivity contribution is -0.115. The number of ether oxygens (including phenoxy) is 1. The van der Waals surface area contributed by atoms with Gasteiger partial charge in [-0.25, -0.2) is 4.99 Å². The molecule has 2 saturated heterocycles. The Labute approximate surface area is 218 Å². The van der Waals surface area contributed by atoms with Gasteiger partial charge < -0.3 is 15.0 Å². The number of carbonyl (C=O) groups excluding carboxylic acids is 2. The second-order valence-electron chi connectivity index (χ2n) is 8.87. The number of hydrogen-bond acceptors (Lipinski definition) is 10. The fraction of sp³-hybridized carbons (Fsp3) is 0.400. The molecule has 0 saturated carbocycles. The number of thioether (sulfide) groups is 1. The molecule has 5 rings (SSSR count). The summed E-state index contributed by atoms with van der Waals surface area (Å²) in [6, 6.07) is 7.98. The standard InChI is InChI=1S/C25H28N6O3S2/c1-34-22-12-19(11-21-23(32)30-25(33)36-21)28-24(29-22)31-8-5-16(6-9-31)13-26-14-18-3-2-4-20(27-18)17-7-10-35-15-17/h2-4,7,10-11,15-16,19,26H,5-6,8-9,12-14H2,1H3,(H,30,32,33)/b21-11-. The third kappa shape index (κ3) is 6.03. The van der Waals surface area contributed by atoms with Crippen molar-refractivity contribution in [2.45, 2.75) is 31.8 Å². The van der Waals surface area contributed by atoms with E-state index in [0.29, 0.717) is 29.1 Å². The van der Waals surface area contributed by atoms with Gasteiger partial charge in [-0.05, 0) is 66.7 Å². The van der Waals surface area contributed by atoms with Crippen molar-refractivity contribution in [3.05, 3.63) is 51.7 Å². The molecule has 2 aromatic rings. The molecule has 0 radical (unpaired) electrons. The van der Waals surface area contributed by atoms with Gasteiger partial charge in [0.2, 0.25) is 5.96 Å². The number of nitrogens with zero attached hydrogens (tertiary/aromatic N) is 4. The lowest BCUT2D eigenvalue weighted by Crippen LogP contribution is -2.42. The first-order valence-electron chi connectivity index (χ1n) is 12.0. The number of likely N-dealkylation sites (tertiary alicyclic amines) is 1. The molecule has 2 fully saturated rings. The SMILES string of the molecule is COC1=NC(N2CCC(CNCc3cccc(-c4ccsc4)n3)CC2)=NC(/C=C2\SC(=O)NC2=O)C1. The van der Waals surface area contributed by atoms with Gasteiger partial charge in [-0.2, -0.15) is 16.3 Å². The zero-order valence-corrected chi connectivity index (χ0v) is 21.6. The van der Waals surface area contributed by atoms with Gasteiger partial charge in [-0.15, -0.1) is 0 Å². The maximum absolute atomic E-state index is 11.9. The van der Waals surface area contributed by atoms with E-state index in [1.54, 1.807) is 24.5 Å². The first-order chi connectivity index (χ1) is 17.6. The molecule has 0 aliphatic carbocycles. The lowest BCUT2D eigenvalue weighted by Gasteiger charge is -2.34. The minimum atomic E-state index is -0.370. The van der Waals surface area contributed by atoms with Gasteiger partial charge in [0.25, 0.3) is 11.1 Å². The number of pyridine rings is 1. The van der Waals surface area contributed by atoms with Crippen molar-refractivity contribution < 1.29 is 14.3 Å². The van der Waals surface area contributed by atoms with Gasteiger partial charge in [-0.1, -0.05) is 6.07 Å². The van der Waals surface area contributed by atoms with E-state index in [-0.39, 0.29) is 17.2 Å². The summed E-state index contributed by atoms with van der Waals surface area (Å²) in [6.07, 6.45) is 4.26. The maximum atomic E-state index is 11.9. The number of carbonyl (C=O) groups is 2. The minimum Gasteiger partial charge on any atom is -0.484 e. The Hall–Kier alpha value is -3.02. The number of imide groups is 1. The van der Waals surface area contributed by atoms with Crippen LogP contribution in [0.25, 0.3) is 11.3 Å². The largest absolute Gasteiger partial charge is 0.484 e. The number of nitrogens with one attached hydrogen (secondary N) is 2. The number of guanidine groups is 1. The summed E-state index contributed by atoms with van der Waals surface area (Å²) in [5, 5.41) is 9.70. The Morgan fingerprint density at radius 1 is 1.25 bits per heavy atom. The molecule has 0 spiro atoms. The molecule has 36 heavy (non-hydrogen) atoms. The Balaban J connectivity index is 1.13. The van der Waals surface area contributed by atoms with Crippen molar-refractivity contribution in [2.75, 3.05) is 26.7 Å². The molecule has 1 atom stereocenters. The zero-order chi connectivity index (χ0) is 24.9. The van der Waals surface area contributed by atoms with Crippen molar-refractivity contribution in [1.29, 1.82) is 0 Å². The van der Waals surface area contributed by atoms with Crippen molar-refractivity contribution in [2.24, 2.45) is 15.9 Å². The average Bonchev–Trinajstić information content (AvgIpc) is 3.54. The zero-order valence-electron chi connectivity index (χ0n) is 20.0. The van der Waals surface area contributed by atoms with Crippen LogP contribution < -0.4 is 10.6 Å². The monoisotopic (exact) mass is 524 g/mol. The highest BCUT2D eigenvalue weighted by atomic mass is 32.2. The van der Waals surface area contributed by atoms with Gasteiger partial charge in [0, 0.05) is 30.6 Å². The van der Waals surface area contributed by atoms with Crippen molar-refractivity contribution >= 4 is 46.1 Å².